The minimum atomic E-state index is -0.214. The van der Waals surface area contributed by atoms with Crippen molar-refractivity contribution in [3.63, 3.8) is 0 Å². The number of amides is 1. The Morgan fingerprint density at radius 2 is 2.04 bits per heavy atom. The van der Waals surface area contributed by atoms with Gasteiger partial charge in [0.1, 0.15) is 18.3 Å². The van der Waals surface area contributed by atoms with Crippen LogP contribution in [-0.4, -0.2) is 42.2 Å². The first-order valence-electron chi connectivity index (χ1n) is 8.67. The molecule has 0 saturated heterocycles. The van der Waals surface area contributed by atoms with Gasteiger partial charge in [0.05, 0.1) is 6.20 Å². The summed E-state index contributed by atoms with van der Waals surface area (Å²) in [5, 5.41) is 4.50. The van der Waals surface area contributed by atoms with E-state index in [9.17, 15) is 9.59 Å². The van der Waals surface area contributed by atoms with Crippen LogP contribution >= 0.6 is 0 Å². The molecule has 1 fully saturated rings. The molecule has 3 rings (SSSR count). The Labute approximate surface area is 141 Å². The SMILES string of the molecule is CC(C)N(C(=O)Cn1cnc2c(cnn2C)c1=O)C1CCCCC1. The fraction of sp³-hybridized carbons (Fsp3) is 0.647. The van der Waals surface area contributed by atoms with Crippen LogP contribution in [-0.2, 0) is 18.4 Å². The van der Waals surface area contributed by atoms with Gasteiger partial charge in [-0.1, -0.05) is 19.3 Å². The number of aryl methyl sites for hydroxylation is 1. The zero-order chi connectivity index (χ0) is 17.3. The monoisotopic (exact) mass is 331 g/mol. The van der Waals surface area contributed by atoms with E-state index in [1.165, 1.54) is 36.4 Å². The minimum Gasteiger partial charge on any atom is -0.336 e. The van der Waals surface area contributed by atoms with E-state index in [4.69, 9.17) is 0 Å². The predicted octanol–water partition coefficient (Wildman–Crippen LogP) is 1.70. The van der Waals surface area contributed by atoms with E-state index in [0.29, 0.717) is 11.0 Å². The molecule has 24 heavy (non-hydrogen) atoms. The number of fused-ring (bicyclic) bond motifs is 1. The standard InChI is InChI=1S/C17H25N5O2/c1-12(2)22(13-7-5-4-6-8-13)15(23)10-21-11-18-16-14(17(21)24)9-19-20(16)3/h9,11-13H,4-8,10H2,1-3H3. The lowest BCUT2D eigenvalue weighted by Gasteiger charge is -2.37. The summed E-state index contributed by atoms with van der Waals surface area (Å²) in [7, 11) is 1.74. The minimum absolute atomic E-state index is 0.0101. The summed E-state index contributed by atoms with van der Waals surface area (Å²) in [6, 6.07) is 0.420. The van der Waals surface area contributed by atoms with Crippen molar-refractivity contribution in [2.75, 3.05) is 0 Å². The summed E-state index contributed by atoms with van der Waals surface area (Å²) in [6.07, 6.45) is 8.65. The van der Waals surface area contributed by atoms with E-state index in [-0.39, 0.29) is 30.1 Å². The van der Waals surface area contributed by atoms with Gasteiger partial charge in [0.25, 0.3) is 5.56 Å². The molecule has 0 radical (unpaired) electrons. The summed E-state index contributed by atoms with van der Waals surface area (Å²) in [6.45, 7) is 4.11. The number of carbonyl (C=O) groups excluding carboxylic acids is 1. The van der Waals surface area contributed by atoms with Gasteiger partial charge >= 0.3 is 0 Å². The molecule has 2 aromatic heterocycles. The highest BCUT2D eigenvalue weighted by Gasteiger charge is 2.27. The van der Waals surface area contributed by atoms with Crippen LogP contribution in [0.1, 0.15) is 46.0 Å². The summed E-state index contributed by atoms with van der Waals surface area (Å²) < 4.78 is 2.95. The molecule has 0 atom stereocenters. The zero-order valence-electron chi connectivity index (χ0n) is 14.6. The number of aromatic nitrogens is 4. The smallest absolute Gasteiger partial charge is 0.264 e. The van der Waals surface area contributed by atoms with Crippen molar-refractivity contribution in [2.45, 2.75) is 64.6 Å². The van der Waals surface area contributed by atoms with Crippen LogP contribution in [0, 0.1) is 0 Å². The molecule has 0 spiro atoms. The van der Waals surface area contributed by atoms with Gasteiger partial charge in [-0.2, -0.15) is 5.10 Å². The van der Waals surface area contributed by atoms with E-state index in [1.807, 2.05) is 18.7 Å². The molecular formula is C17H25N5O2. The van der Waals surface area contributed by atoms with Gasteiger partial charge < -0.3 is 4.90 Å². The molecule has 2 heterocycles. The van der Waals surface area contributed by atoms with Crippen LogP contribution in [0.25, 0.3) is 11.0 Å². The highest BCUT2D eigenvalue weighted by atomic mass is 16.2. The first-order valence-corrected chi connectivity index (χ1v) is 8.67. The van der Waals surface area contributed by atoms with Gasteiger partial charge in [-0.15, -0.1) is 0 Å². The molecule has 0 aromatic carbocycles. The lowest BCUT2D eigenvalue weighted by atomic mass is 9.93. The zero-order valence-corrected chi connectivity index (χ0v) is 14.6. The fourth-order valence-electron chi connectivity index (χ4n) is 3.68. The Morgan fingerprint density at radius 1 is 1.33 bits per heavy atom. The molecule has 2 aromatic rings. The molecule has 7 nitrogen and oxygen atoms in total. The van der Waals surface area contributed by atoms with Crippen LogP contribution in [0.2, 0.25) is 0 Å². The Balaban J connectivity index is 1.84. The van der Waals surface area contributed by atoms with E-state index >= 15 is 0 Å². The first kappa shape index (κ1) is 16.7. The quantitative estimate of drug-likeness (QED) is 0.855. The molecule has 1 saturated carbocycles. The Hall–Kier alpha value is -2.18. The van der Waals surface area contributed by atoms with Gasteiger partial charge in [-0.25, -0.2) is 4.98 Å². The molecule has 130 valence electrons. The second kappa shape index (κ2) is 6.75. The van der Waals surface area contributed by atoms with Crippen molar-refractivity contribution >= 4 is 16.9 Å². The molecular weight excluding hydrogens is 306 g/mol. The van der Waals surface area contributed by atoms with Crippen molar-refractivity contribution in [1.29, 1.82) is 0 Å². The number of hydrogen-bond acceptors (Lipinski definition) is 4. The van der Waals surface area contributed by atoms with E-state index < -0.39 is 0 Å². The van der Waals surface area contributed by atoms with Crippen LogP contribution in [0.15, 0.2) is 17.3 Å². The molecule has 0 N–H and O–H groups in total. The highest BCUT2D eigenvalue weighted by Crippen LogP contribution is 2.24. The normalized spacial score (nSPS) is 16.0. The van der Waals surface area contributed by atoms with Crippen molar-refractivity contribution in [3.8, 4) is 0 Å². The van der Waals surface area contributed by atoms with Crippen molar-refractivity contribution < 1.29 is 4.79 Å². The second-order valence-corrected chi connectivity index (χ2v) is 6.87. The maximum atomic E-state index is 12.9. The summed E-state index contributed by atoms with van der Waals surface area (Å²) in [5.74, 6) is -0.0101. The predicted molar refractivity (Wildman–Crippen MR) is 91.6 cm³/mol. The average molecular weight is 331 g/mol. The highest BCUT2D eigenvalue weighted by molar-refractivity contribution is 5.78. The van der Waals surface area contributed by atoms with Crippen molar-refractivity contribution in [3.05, 3.63) is 22.9 Å². The molecule has 0 aliphatic heterocycles. The third-order valence-electron chi connectivity index (χ3n) is 4.84. The number of nitrogens with zero attached hydrogens (tertiary/aromatic N) is 5. The van der Waals surface area contributed by atoms with E-state index in [2.05, 4.69) is 10.1 Å². The summed E-state index contributed by atoms with van der Waals surface area (Å²) in [4.78, 5) is 31.6. The topological polar surface area (TPSA) is 73.0 Å². The molecule has 0 unspecified atom stereocenters. The van der Waals surface area contributed by atoms with Crippen LogP contribution in [0.5, 0.6) is 0 Å². The fourth-order valence-corrected chi connectivity index (χ4v) is 3.68. The summed E-state index contributed by atoms with van der Waals surface area (Å²) >= 11 is 0. The number of rotatable bonds is 4. The third kappa shape index (κ3) is 3.07. The largest absolute Gasteiger partial charge is 0.336 e. The van der Waals surface area contributed by atoms with Crippen molar-refractivity contribution in [2.24, 2.45) is 7.05 Å². The second-order valence-electron chi connectivity index (χ2n) is 6.87. The lowest BCUT2D eigenvalue weighted by molar-refractivity contribution is -0.137. The maximum absolute atomic E-state index is 12.9. The molecule has 0 bridgehead atoms. The van der Waals surface area contributed by atoms with Gasteiger partial charge in [0.15, 0.2) is 5.65 Å². The number of carbonyl (C=O) groups is 1. The van der Waals surface area contributed by atoms with Crippen LogP contribution in [0.3, 0.4) is 0 Å². The lowest BCUT2D eigenvalue weighted by Crippen LogP contribution is -2.47. The van der Waals surface area contributed by atoms with Gasteiger partial charge in [-0.05, 0) is 26.7 Å². The molecule has 1 aliphatic rings. The molecule has 7 heteroatoms. The van der Waals surface area contributed by atoms with E-state index in [0.717, 1.165) is 12.8 Å². The Morgan fingerprint density at radius 3 is 2.71 bits per heavy atom. The van der Waals surface area contributed by atoms with E-state index in [1.54, 1.807) is 11.7 Å². The van der Waals surface area contributed by atoms with Crippen LogP contribution in [0.4, 0.5) is 0 Å². The maximum Gasteiger partial charge on any atom is 0.264 e. The summed E-state index contributed by atoms with van der Waals surface area (Å²) in [5.41, 5.74) is 0.325. The van der Waals surface area contributed by atoms with Gasteiger partial charge in [0, 0.05) is 19.1 Å². The average Bonchev–Trinajstić information content (AvgIpc) is 2.93. The Kier molecular flexibility index (Phi) is 4.69. The Bertz CT molecular complexity index is 786. The molecule has 1 aliphatic carbocycles. The first-order chi connectivity index (χ1) is 11.5. The van der Waals surface area contributed by atoms with Gasteiger partial charge in [0.2, 0.25) is 5.91 Å². The number of hydrogen-bond donors (Lipinski definition) is 0. The van der Waals surface area contributed by atoms with Crippen molar-refractivity contribution in [1.82, 2.24) is 24.2 Å². The molecule has 1 amide bonds. The third-order valence-corrected chi connectivity index (χ3v) is 4.84. The van der Waals surface area contributed by atoms with Gasteiger partial charge in [-0.3, -0.25) is 18.8 Å². The van der Waals surface area contributed by atoms with Crippen LogP contribution < -0.4 is 5.56 Å².